The molecule has 0 aliphatic rings. The van der Waals surface area contributed by atoms with Crippen molar-refractivity contribution in [3.8, 4) is 0 Å². The maximum atomic E-state index is 11.5. The summed E-state index contributed by atoms with van der Waals surface area (Å²) in [5.74, 6) is 0. The molecular weight excluding hydrogens is 404 g/mol. The van der Waals surface area contributed by atoms with Crippen LogP contribution in [0.25, 0.3) is 12.2 Å². The van der Waals surface area contributed by atoms with Crippen molar-refractivity contribution in [2.75, 3.05) is 0 Å². The van der Waals surface area contributed by atoms with Gasteiger partial charge in [0, 0.05) is 24.3 Å². The van der Waals surface area contributed by atoms with E-state index in [1.807, 2.05) is 0 Å². The minimum absolute atomic E-state index is 0.0704. The Bertz CT molecular complexity index is 1090. The number of hydrogen-bond acceptors (Lipinski definition) is 7. The van der Waals surface area contributed by atoms with E-state index in [1.54, 1.807) is 0 Å². The monoisotopic (exact) mass is 414 g/mol. The minimum Gasteiger partial charge on any atom is -0.302 e. The van der Waals surface area contributed by atoms with E-state index in [2.05, 4.69) is 0 Å². The first-order valence-electron chi connectivity index (χ1n) is 6.84. The maximum absolute atomic E-state index is 11.5. The number of rotatable bonds is 6. The minimum atomic E-state index is -4.79. The molecular formula is C14H10N2O9S2. The summed E-state index contributed by atoms with van der Waals surface area (Å²) in [6.07, 6.45) is 2.31. The van der Waals surface area contributed by atoms with E-state index in [0.29, 0.717) is 6.07 Å². The first-order chi connectivity index (χ1) is 12.5. The number of nitrogens with zero attached hydrogens (tertiary/aromatic N) is 2. The predicted molar refractivity (Wildman–Crippen MR) is 94.0 cm³/mol. The fourth-order valence-electron chi connectivity index (χ4n) is 2.10. The first-order valence-corrected chi connectivity index (χ1v) is 9.38. The number of benzene rings is 2. The van der Waals surface area contributed by atoms with Crippen LogP contribution in [0.15, 0.2) is 46.2 Å². The molecule has 0 fully saturated rings. The van der Waals surface area contributed by atoms with Gasteiger partial charge < -0.3 is 4.55 Å². The van der Waals surface area contributed by atoms with Crippen LogP contribution in [-0.4, -0.2) is 31.6 Å². The van der Waals surface area contributed by atoms with Crippen molar-refractivity contribution in [1.29, 1.82) is 0 Å². The van der Waals surface area contributed by atoms with Crippen LogP contribution in [0, 0.1) is 20.2 Å². The third-order valence-electron chi connectivity index (χ3n) is 3.32. The molecule has 0 saturated carbocycles. The normalized spacial score (nSPS) is 12.8. The van der Waals surface area contributed by atoms with Gasteiger partial charge >= 0.3 is 0 Å². The molecule has 2 aromatic carbocycles. The average Bonchev–Trinajstić information content (AvgIpc) is 2.58. The molecule has 2 N–H and O–H groups in total. The second-order valence-electron chi connectivity index (χ2n) is 5.02. The lowest BCUT2D eigenvalue weighted by Gasteiger charge is -2.04. The SMILES string of the molecule is O=[N+]([O-])c1ccc(/C=C/c2ccc([N+](=O)[O-])cc2S(=O)(=O)O)c(S(=O)O)c1. The highest BCUT2D eigenvalue weighted by Crippen LogP contribution is 2.26. The summed E-state index contributed by atoms with van der Waals surface area (Å²) in [6, 6.07) is 5.88. The standard InChI is InChI=1S/C14H10N2O9S2/c17-15(18)11-5-3-9(13(7-11)26(21)22)1-2-10-4-6-12(16(19)20)8-14(10)27(23,24)25/h1-8H,(H,21,22)(H,23,24,25)/b2-1+. The average molecular weight is 414 g/mol. The molecule has 0 aromatic heterocycles. The van der Waals surface area contributed by atoms with Crippen molar-refractivity contribution in [2.24, 2.45) is 0 Å². The summed E-state index contributed by atoms with van der Waals surface area (Å²) in [4.78, 5) is 18.9. The summed E-state index contributed by atoms with van der Waals surface area (Å²) in [7, 11) is -4.79. The summed E-state index contributed by atoms with van der Waals surface area (Å²) in [6.45, 7) is 0. The van der Waals surface area contributed by atoms with Gasteiger partial charge in [0.25, 0.3) is 21.5 Å². The van der Waals surface area contributed by atoms with Crippen LogP contribution < -0.4 is 0 Å². The van der Waals surface area contributed by atoms with Crippen molar-refractivity contribution < 1.29 is 31.6 Å². The van der Waals surface area contributed by atoms with E-state index in [-0.39, 0.29) is 16.0 Å². The second kappa shape index (κ2) is 7.71. The van der Waals surface area contributed by atoms with Crippen LogP contribution in [0.2, 0.25) is 0 Å². The number of nitro groups is 2. The highest BCUT2D eigenvalue weighted by molar-refractivity contribution is 7.86. The maximum Gasteiger partial charge on any atom is 0.295 e. The molecule has 2 aromatic rings. The van der Waals surface area contributed by atoms with Gasteiger partial charge in [0.2, 0.25) is 0 Å². The lowest BCUT2D eigenvalue weighted by Crippen LogP contribution is -2.02. The van der Waals surface area contributed by atoms with Crippen molar-refractivity contribution in [2.45, 2.75) is 9.79 Å². The van der Waals surface area contributed by atoms with Gasteiger partial charge in [-0.2, -0.15) is 8.42 Å². The van der Waals surface area contributed by atoms with Gasteiger partial charge in [-0.15, -0.1) is 0 Å². The third-order valence-corrected chi connectivity index (χ3v) is 4.96. The summed E-state index contributed by atoms with van der Waals surface area (Å²) in [5, 5.41) is 21.5. The number of hydrogen-bond donors (Lipinski definition) is 2. The van der Waals surface area contributed by atoms with E-state index >= 15 is 0 Å². The Kier molecular flexibility index (Phi) is 5.80. The largest absolute Gasteiger partial charge is 0.302 e. The Balaban J connectivity index is 2.57. The molecule has 0 saturated heterocycles. The van der Waals surface area contributed by atoms with Crippen LogP contribution >= 0.6 is 0 Å². The van der Waals surface area contributed by atoms with Crippen molar-refractivity contribution in [3.63, 3.8) is 0 Å². The number of non-ortho nitro benzene ring substituents is 2. The van der Waals surface area contributed by atoms with Crippen LogP contribution in [0.4, 0.5) is 11.4 Å². The predicted octanol–water partition coefficient (Wildman–Crippen LogP) is 2.50. The fourth-order valence-corrected chi connectivity index (χ4v) is 3.37. The highest BCUT2D eigenvalue weighted by Gasteiger charge is 2.19. The van der Waals surface area contributed by atoms with Crippen LogP contribution in [0.1, 0.15) is 11.1 Å². The van der Waals surface area contributed by atoms with E-state index in [9.17, 15) is 42.0 Å². The summed E-state index contributed by atoms with van der Waals surface area (Å²) < 4.78 is 52.9. The van der Waals surface area contributed by atoms with Gasteiger partial charge in [-0.1, -0.05) is 12.2 Å². The lowest BCUT2D eigenvalue weighted by molar-refractivity contribution is -0.385. The third kappa shape index (κ3) is 4.79. The molecule has 0 radical (unpaired) electrons. The van der Waals surface area contributed by atoms with Crippen LogP contribution in [0.3, 0.4) is 0 Å². The first kappa shape index (κ1) is 20.3. The van der Waals surface area contributed by atoms with Gasteiger partial charge in [-0.25, -0.2) is 4.21 Å². The van der Waals surface area contributed by atoms with Gasteiger partial charge in [-0.05, 0) is 23.3 Å². The molecule has 2 rings (SSSR count). The van der Waals surface area contributed by atoms with E-state index in [1.165, 1.54) is 12.1 Å². The Morgan fingerprint density at radius 2 is 1.41 bits per heavy atom. The van der Waals surface area contributed by atoms with Gasteiger partial charge in [0.05, 0.1) is 14.7 Å². The smallest absolute Gasteiger partial charge is 0.295 e. The molecule has 0 aliphatic heterocycles. The highest BCUT2D eigenvalue weighted by atomic mass is 32.2. The van der Waals surface area contributed by atoms with E-state index < -0.39 is 47.3 Å². The van der Waals surface area contributed by atoms with Crippen LogP contribution in [0.5, 0.6) is 0 Å². The lowest BCUT2D eigenvalue weighted by atomic mass is 10.1. The van der Waals surface area contributed by atoms with Gasteiger partial charge in [0.1, 0.15) is 4.90 Å². The molecule has 0 bridgehead atoms. The molecule has 27 heavy (non-hydrogen) atoms. The van der Waals surface area contributed by atoms with E-state index in [0.717, 1.165) is 30.3 Å². The van der Waals surface area contributed by atoms with Crippen LogP contribution in [-0.2, 0) is 21.2 Å². The van der Waals surface area contributed by atoms with E-state index in [4.69, 9.17) is 0 Å². The Hall–Kier alpha value is -3.00. The van der Waals surface area contributed by atoms with Gasteiger partial charge in [-0.3, -0.25) is 24.8 Å². The molecule has 0 aliphatic carbocycles. The summed E-state index contributed by atoms with van der Waals surface area (Å²) in [5.41, 5.74) is -1.04. The molecule has 1 atom stereocenters. The zero-order valence-corrected chi connectivity index (χ0v) is 14.7. The van der Waals surface area contributed by atoms with Gasteiger partial charge in [0.15, 0.2) is 11.1 Å². The molecule has 0 heterocycles. The van der Waals surface area contributed by atoms with Crippen molar-refractivity contribution >= 4 is 44.7 Å². The fraction of sp³-hybridized carbons (Fsp3) is 0. The second-order valence-corrected chi connectivity index (χ2v) is 7.34. The Morgan fingerprint density at radius 1 is 0.926 bits per heavy atom. The zero-order chi connectivity index (χ0) is 20.4. The van der Waals surface area contributed by atoms with Crippen molar-refractivity contribution in [1.82, 2.24) is 0 Å². The molecule has 13 heteroatoms. The molecule has 1 unspecified atom stereocenters. The van der Waals surface area contributed by atoms with Crippen molar-refractivity contribution in [3.05, 3.63) is 67.8 Å². The topological polar surface area (TPSA) is 178 Å². The Labute approximate surface area is 154 Å². The quantitative estimate of drug-likeness (QED) is 0.236. The number of nitro benzene ring substituents is 2. The summed E-state index contributed by atoms with van der Waals surface area (Å²) >= 11 is -2.57. The molecule has 0 amide bonds. The zero-order valence-electron chi connectivity index (χ0n) is 13.1. The molecule has 11 nitrogen and oxygen atoms in total. The molecule has 142 valence electrons. The molecule has 0 spiro atoms. The Morgan fingerprint density at radius 3 is 1.89 bits per heavy atom.